The minimum absolute atomic E-state index is 0.00723. The highest BCUT2D eigenvalue weighted by atomic mass is 16.5. The number of hydrogen-bond acceptors (Lipinski definition) is 4. The molecule has 2 atom stereocenters. The molecule has 2 N–H and O–H groups in total. The molecule has 1 fully saturated rings. The second-order valence-electron chi connectivity index (χ2n) is 9.21. The van der Waals surface area contributed by atoms with Crippen molar-refractivity contribution >= 4 is 18.0 Å². The number of carboxylic acid groups (broad SMARTS) is 1. The quantitative estimate of drug-likeness (QED) is 0.573. The van der Waals surface area contributed by atoms with Crippen molar-refractivity contribution in [2.75, 3.05) is 19.7 Å². The first-order valence-corrected chi connectivity index (χ1v) is 12.1. The molecule has 1 aliphatic heterocycles. The summed E-state index contributed by atoms with van der Waals surface area (Å²) in [5, 5.41) is 11.7. The van der Waals surface area contributed by atoms with E-state index in [4.69, 9.17) is 9.84 Å². The number of hydrogen-bond donors (Lipinski definition) is 2. The standard InChI is InChI=1S/C27H32N2O5/c1-2-19(15-25(30)29-14-13-18(16-29)11-12-26(31)32)28-27(33)34-17-24-22-9-5-3-7-20(22)21-8-4-6-10-23(21)24/h3-10,18-19,24H,2,11-17H2,1H3,(H,28,33)(H,31,32)/t18?,19-/m1/s1. The highest BCUT2D eigenvalue weighted by Gasteiger charge is 2.30. The van der Waals surface area contributed by atoms with Crippen LogP contribution in [0.4, 0.5) is 4.79 Å². The van der Waals surface area contributed by atoms with Crippen molar-refractivity contribution < 1.29 is 24.2 Å². The van der Waals surface area contributed by atoms with E-state index < -0.39 is 12.1 Å². The van der Waals surface area contributed by atoms with Crippen molar-refractivity contribution in [2.45, 2.75) is 51.0 Å². The van der Waals surface area contributed by atoms with Crippen LogP contribution in [0.1, 0.15) is 56.1 Å². The van der Waals surface area contributed by atoms with Crippen molar-refractivity contribution in [1.29, 1.82) is 0 Å². The number of rotatable bonds is 9. The van der Waals surface area contributed by atoms with E-state index in [-0.39, 0.29) is 43.2 Å². The van der Waals surface area contributed by atoms with Gasteiger partial charge in [-0.2, -0.15) is 0 Å². The summed E-state index contributed by atoms with van der Waals surface area (Å²) in [6, 6.07) is 16.1. The Morgan fingerprint density at radius 1 is 1.09 bits per heavy atom. The number of nitrogens with one attached hydrogen (secondary N) is 1. The summed E-state index contributed by atoms with van der Waals surface area (Å²) in [4.78, 5) is 37.9. The number of nitrogens with zero attached hydrogens (tertiary/aromatic N) is 1. The zero-order valence-electron chi connectivity index (χ0n) is 19.5. The van der Waals surface area contributed by atoms with E-state index >= 15 is 0 Å². The van der Waals surface area contributed by atoms with Gasteiger partial charge in [-0.15, -0.1) is 0 Å². The predicted molar refractivity (Wildman–Crippen MR) is 128 cm³/mol. The molecule has 34 heavy (non-hydrogen) atoms. The average Bonchev–Trinajstić information content (AvgIpc) is 3.44. The van der Waals surface area contributed by atoms with Crippen LogP contribution in [-0.4, -0.2) is 53.7 Å². The van der Waals surface area contributed by atoms with Gasteiger partial charge in [0, 0.05) is 37.9 Å². The SMILES string of the molecule is CC[C@H](CC(=O)N1CCC(CCC(=O)O)C1)NC(=O)OCC1c2ccccc2-c2ccccc21. The number of alkyl carbamates (subject to hydrolysis) is 1. The molecule has 4 rings (SSSR count). The number of carbonyl (C=O) groups is 3. The molecule has 2 amide bonds. The van der Waals surface area contributed by atoms with Crippen LogP contribution in [0, 0.1) is 5.92 Å². The number of fused-ring (bicyclic) bond motifs is 3. The second kappa shape index (κ2) is 10.7. The summed E-state index contributed by atoms with van der Waals surface area (Å²) >= 11 is 0. The zero-order valence-corrected chi connectivity index (χ0v) is 19.5. The van der Waals surface area contributed by atoms with Crippen molar-refractivity contribution in [3.05, 3.63) is 59.7 Å². The molecule has 0 radical (unpaired) electrons. The minimum Gasteiger partial charge on any atom is -0.481 e. The van der Waals surface area contributed by atoms with E-state index in [0.717, 1.165) is 17.5 Å². The predicted octanol–water partition coefficient (Wildman–Crippen LogP) is 4.41. The van der Waals surface area contributed by atoms with Crippen LogP contribution < -0.4 is 5.32 Å². The number of carboxylic acids is 1. The van der Waals surface area contributed by atoms with Gasteiger partial charge < -0.3 is 20.1 Å². The molecule has 0 spiro atoms. The lowest BCUT2D eigenvalue weighted by atomic mass is 9.98. The van der Waals surface area contributed by atoms with E-state index in [2.05, 4.69) is 29.6 Å². The van der Waals surface area contributed by atoms with Gasteiger partial charge in [0.25, 0.3) is 0 Å². The Kier molecular flexibility index (Phi) is 7.50. The average molecular weight is 465 g/mol. The third-order valence-corrected chi connectivity index (χ3v) is 6.98. The van der Waals surface area contributed by atoms with E-state index in [1.54, 1.807) is 4.90 Å². The van der Waals surface area contributed by atoms with Gasteiger partial charge in [-0.25, -0.2) is 4.79 Å². The molecule has 0 aromatic heterocycles. The fraction of sp³-hybridized carbons (Fsp3) is 0.444. The fourth-order valence-corrected chi connectivity index (χ4v) is 5.07. The highest BCUT2D eigenvalue weighted by molar-refractivity contribution is 5.80. The molecule has 1 saturated heterocycles. The first kappa shape index (κ1) is 23.8. The molecule has 180 valence electrons. The summed E-state index contributed by atoms with van der Waals surface area (Å²) < 4.78 is 5.62. The normalized spacial score (nSPS) is 17.7. The Balaban J connectivity index is 1.28. The van der Waals surface area contributed by atoms with Gasteiger partial charge in [0.2, 0.25) is 5.91 Å². The largest absolute Gasteiger partial charge is 0.481 e. The van der Waals surface area contributed by atoms with Crippen molar-refractivity contribution in [3.8, 4) is 11.1 Å². The zero-order chi connectivity index (χ0) is 24.1. The van der Waals surface area contributed by atoms with Gasteiger partial charge in [-0.1, -0.05) is 55.5 Å². The Labute approximate surface area is 200 Å². The fourth-order valence-electron chi connectivity index (χ4n) is 5.07. The molecule has 2 aromatic carbocycles. The van der Waals surface area contributed by atoms with Crippen LogP contribution in [0.2, 0.25) is 0 Å². The Bertz CT molecular complexity index is 1010. The van der Waals surface area contributed by atoms with Crippen molar-refractivity contribution in [3.63, 3.8) is 0 Å². The molecule has 7 nitrogen and oxygen atoms in total. The maximum Gasteiger partial charge on any atom is 0.407 e. The summed E-state index contributed by atoms with van der Waals surface area (Å²) in [5.41, 5.74) is 4.67. The molecule has 1 unspecified atom stereocenters. The van der Waals surface area contributed by atoms with E-state index in [1.807, 2.05) is 31.2 Å². The molecule has 0 saturated carbocycles. The monoisotopic (exact) mass is 464 g/mol. The number of carbonyl (C=O) groups excluding carboxylic acids is 2. The highest BCUT2D eigenvalue weighted by Crippen LogP contribution is 2.44. The van der Waals surface area contributed by atoms with Gasteiger partial charge in [0.1, 0.15) is 6.61 Å². The van der Waals surface area contributed by atoms with Crippen LogP contribution in [-0.2, 0) is 14.3 Å². The van der Waals surface area contributed by atoms with E-state index in [1.165, 1.54) is 11.1 Å². The van der Waals surface area contributed by atoms with Gasteiger partial charge in [0.15, 0.2) is 0 Å². The Hall–Kier alpha value is -3.35. The van der Waals surface area contributed by atoms with Crippen LogP contribution in [0.25, 0.3) is 11.1 Å². The smallest absolute Gasteiger partial charge is 0.407 e. The lowest BCUT2D eigenvalue weighted by molar-refractivity contribution is -0.137. The number of aliphatic carboxylic acids is 1. The first-order valence-electron chi connectivity index (χ1n) is 12.1. The summed E-state index contributed by atoms with van der Waals surface area (Å²) in [6.07, 6.45) is 1.87. The molecule has 2 aliphatic rings. The minimum atomic E-state index is -0.803. The number of benzene rings is 2. The van der Waals surface area contributed by atoms with Crippen LogP contribution in [0.5, 0.6) is 0 Å². The summed E-state index contributed by atoms with van der Waals surface area (Å²) in [7, 11) is 0. The van der Waals surface area contributed by atoms with Gasteiger partial charge in [-0.05, 0) is 47.4 Å². The lowest BCUT2D eigenvalue weighted by Gasteiger charge is -2.22. The Morgan fingerprint density at radius 3 is 2.35 bits per heavy atom. The van der Waals surface area contributed by atoms with Gasteiger partial charge >= 0.3 is 12.1 Å². The van der Waals surface area contributed by atoms with Crippen molar-refractivity contribution in [2.24, 2.45) is 5.92 Å². The molecular formula is C27H32N2O5. The van der Waals surface area contributed by atoms with Gasteiger partial charge in [-0.3, -0.25) is 9.59 Å². The second-order valence-corrected chi connectivity index (χ2v) is 9.21. The van der Waals surface area contributed by atoms with E-state index in [9.17, 15) is 14.4 Å². The Morgan fingerprint density at radius 2 is 1.74 bits per heavy atom. The summed E-state index contributed by atoms with van der Waals surface area (Å²) in [5.74, 6) is -0.589. The molecule has 7 heteroatoms. The number of likely N-dealkylation sites (tertiary alicyclic amines) is 1. The molecule has 1 aliphatic carbocycles. The van der Waals surface area contributed by atoms with Crippen LogP contribution in [0.3, 0.4) is 0 Å². The summed E-state index contributed by atoms with van der Waals surface area (Å²) in [6.45, 7) is 3.40. The van der Waals surface area contributed by atoms with Gasteiger partial charge in [0.05, 0.1) is 0 Å². The molecule has 0 bridgehead atoms. The first-order chi connectivity index (χ1) is 16.5. The molecule has 2 aromatic rings. The van der Waals surface area contributed by atoms with E-state index in [0.29, 0.717) is 25.9 Å². The van der Waals surface area contributed by atoms with Crippen LogP contribution in [0.15, 0.2) is 48.5 Å². The third kappa shape index (κ3) is 5.41. The lowest BCUT2D eigenvalue weighted by Crippen LogP contribution is -2.40. The molecule has 1 heterocycles. The maximum absolute atomic E-state index is 12.7. The maximum atomic E-state index is 12.7. The van der Waals surface area contributed by atoms with Crippen LogP contribution >= 0.6 is 0 Å². The van der Waals surface area contributed by atoms with Crippen molar-refractivity contribution in [1.82, 2.24) is 10.2 Å². The third-order valence-electron chi connectivity index (χ3n) is 6.98. The number of ether oxygens (including phenoxy) is 1. The topological polar surface area (TPSA) is 95.9 Å². The number of amides is 2. The molecular weight excluding hydrogens is 432 g/mol.